The summed E-state index contributed by atoms with van der Waals surface area (Å²) in [5, 5.41) is 0. The van der Waals surface area contributed by atoms with Crippen LogP contribution in [0.2, 0.25) is 0 Å². The van der Waals surface area contributed by atoms with Crippen LogP contribution in [0.1, 0.15) is 20.8 Å². The van der Waals surface area contributed by atoms with Gasteiger partial charge in [-0.25, -0.2) is 0 Å². The first-order valence-corrected chi connectivity index (χ1v) is 5.84. The largest absolute Gasteiger partial charge is 0.477 e. The third-order valence-electron chi connectivity index (χ3n) is 2.50. The molecule has 1 aromatic heterocycles. The number of rotatable bonds is 6. The zero-order valence-corrected chi connectivity index (χ0v) is 11.1. The normalized spacial score (nSPS) is 11.4. The van der Waals surface area contributed by atoms with E-state index in [1.54, 1.807) is 12.4 Å². The Labute approximate surface area is 103 Å². The smallest absolute Gasteiger partial charge is 0.234 e. The Bertz CT molecular complexity index is 354. The topological polar surface area (TPSA) is 64.3 Å². The van der Waals surface area contributed by atoms with Crippen molar-refractivity contribution >= 4 is 5.82 Å². The van der Waals surface area contributed by atoms with Crippen molar-refractivity contribution in [2.45, 2.75) is 20.8 Å². The minimum absolute atomic E-state index is 0.0536. The molecule has 0 radical (unpaired) electrons. The number of anilines is 1. The Morgan fingerprint density at radius 1 is 1.41 bits per heavy atom. The Morgan fingerprint density at radius 3 is 2.71 bits per heavy atom. The molecule has 0 fully saturated rings. The van der Waals surface area contributed by atoms with Gasteiger partial charge < -0.3 is 15.4 Å². The van der Waals surface area contributed by atoms with Crippen molar-refractivity contribution in [1.29, 1.82) is 0 Å². The number of hydrogen-bond donors (Lipinski definition) is 1. The van der Waals surface area contributed by atoms with E-state index in [-0.39, 0.29) is 5.41 Å². The summed E-state index contributed by atoms with van der Waals surface area (Å²) in [7, 11) is 1.98. The lowest BCUT2D eigenvalue weighted by molar-refractivity contribution is 0.324. The van der Waals surface area contributed by atoms with E-state index in [4.69, 9.17) is 10.5 Å². The maximum Gasteiger partial charge on any atom is 0.234 e. The Hall–Kier alpha value is -1.36. The summed E-state index contributed by atoms with van der Waals surface area (Å²) in [5.74, 6) is 1.36. The summed E-state index contributed by atoms with van der Waals surface area (Å²) in [4.78, 5) is 10.5. The monoisotopic (exact) mass is 238 g/mol. The molecule has 96 valence electrons. The van der Waals surface area contributed by atoms with E-state index in [2.05, 4.69) is 23.8 Å². The third kappa shape index (κ3) is 4.19. The molecule has 1 aromatic rings. The van der Waals surface area contributed by atoms with E-state index in [0.29, 0.717) is 19.0 Å². The highest BCUT2D eigenvalue weighted by Crippen LogP contribution is 2.19. The van der Waals surface area contributed by atoms with Crippen molar-refractivity contribution in [1.82, 2.24) is 9.97 Å². The van der Waals surface area contributed by atoms with E-state index < -0.39 is 0 Å². The number of hydrogen-bond acceptors (Lipinski definition) is 5. The van der Waals surface area contributed by atoms with Gasteiger partial charge in [0, 0.05) is 13.6 Å². The molecule has 2 N–H and O–H groups in total. The molecule has 0 saturated heterocycles. The van der Waals surface area contributed by atoms with E-state index >= 15 is 0 Å². The zero-order chi connectivity index (χ0) is 12.9. The van der Waals surface area contributed by atoms with Crippen LogP contribution in [-0.4, -0.2) is 36.7 Å². The number of nitrogens with zero attached hydrogens (tertiary/aromatic N) is 3. The number of aromatic nitrogens is 2. The molecular weight excluding hydrogens is 216 g/mol. The van der Waals surface area contributed by atoms with E-state index in [9.17, 15) is 0 Å². The lowest BCUT2D eigenvalue weighted by Crippen LogP contribution is -2.37. The SMILES string of the molecule is CCOc1cncc(N(C)CC(C)(C)CN)n1. The molecule has 0 aliphatic rings. The molecule has 17 heavy (non-hydrogen) atoms. The van der Waals surface area contributed by atoms with Gasteiger partial charge in [0.05, 0.1) is 19.0 Å². The Morgan fingerprint density at radius 2 is 2.12 bits per heavy atom. The van der Waals surface area contributed by atoms with Gasteiger partial charge >= 0.3 is 0 Å². The van der Waals surface area contributed by atoms with Crippen LogP contribution >= 0.6 is 0 Å². The summed E-state index contributed by atoms with van der Waals surface area (Å²) in [6, 6.07) is 0. The van der Waals surface area contributed by atoms with Crippen molar-refractivity contribution in [2.75, 3.05) is 31.6 Å². The summed E-state index contributed by atoms with van der Waals surface area (Å²) >= 11 is 0. The van der Waals surface area contributed by atoms with Crippen LogP contribution in [0.3, 0.4) is 0 Å². The minimum atomic E-state index is 0.0536. The van der Waals surface area contributed by atoms with Crippen molar-refractivity contribution in [3.05, 3.63) is 12.4 Å². The molecule has 5 nitrogen and oxygen atoms in total. The standard InChI is InChI=1S/C12H22N4O/c1-5-17-11-7-14-6-10(15-11)16(4)9-12(2,3)8-13/h6-7H,5,8-9,13H2,1-4H3. The molecule has 0 aliphatic carbocycles. The molecule has 0 aromatic carbocycles. The molecule has 1 heterocycles. The first-order chi connectivity index (χ1) is 7.98. The van der Waals surface area contributed by atoms with E-state index in [1.165, 1.54) is 0 Å². The van der Waals surface area contributed by atoms with Crippen molar-refractivity contribution in [2.24, 2.45) is 11.1 Å². The highest BCUT2D eigenvalue weighted by molar-refractivity contribution is 5.36. The van der Waals surface area contributed by atoms with Crippen LogP contribution in [0.25, 0.3) is 0 Å². The average Bonchev–Trinajstić information content (AvgIpc) is 2.29. The molecule has 1 rings (SSSR count). The maximum absolute atomic E-state index is 5.72. The van der Waals surface area contributed by atoms with Gasteiger partial charge in [0.15, 0.2) is 5.82 Å². The molecular formula is C12H22N4O. The summed E-state index contributed by atoms with van der Waals surface area (Å²) in [6.07, 6.45) is 3.35. The van der Waals surface area contributed by atoms with E-state index in [0.717, 1.165) is 12.4 Å². The first-order valence-electron chi connectivity index (χ1n) is 5.84. The zero-order valence-electron chi connectivity index (χ0n) is 11.1. The number of nitrogens with two attached hydrogens (primary N) is 1. The Balaban J connectivity index is 2.74. The molecule has 0 bridgehead atoms. The molecule has 0 atom stereocenters. The second-order valence-corrected chi connectivity index (χ2v) is 4.87. The van der Waals surface area contributed by atoms with Crippen molar-refractivity contribution in [3.8, 4) is 5.88 Å². The lowest BCUT2D eigenvalue weighted by Gasteiger charge is -2.29. The second kappa shape index (κ2) is 5.82. The fourth-order valence-electron chi connectivity index (χ4n) is 1.53. The highest BCUT2D eigenvalue weighted by Gasteiger charge is 2.19. The highest BCUT2D eigenvalue weighted by atomic mass is 16.5. The summed E-state index contributed by atoms with van der Waals surface area (Å²) < 4.78 is 5.33. The van der Waals surface area contributed by atoms with Crippen LogP contribution in [0.5, 0.6) is 5.88 Å². The predicted molar refractivity (Wildman–Crippen MR) is 69.3 cm³/mol. The maximum atomic E-state index is 5.72. The summed E-state index contributed by atoms with van der Waals surface area (Å²) in [6.45, 7) is 8.24. The van der Waals surface area contributed by atoms with Crippen LogP contribution in [0.4, 0.5) is 5.82 Å². The number of ether oxygens (including phenoxy) is 1. The van der Waals surface area contributed by atoms with Crippen LogP contribution < -0.4 is 15.4 Å². The van der Waals surface area contributed by atoms with Crippen LogP contribution in [0, 0.1) is 5.41 Å². The Kier molecular flexibility index (Phi) is 4.69. The van der Waals surface area contributed by atoms with E-state index in [1.807, 2.05) is 18.9 Å². The lowest BCUT2D eigenvalue weighted by atomic mass is 9.93. The molecule has 0 aliphatic heterocycles. The fourth-order valence-corrected chi connectivity index (χ4v) is 1.53. The van der Waals surface area contributed by atoms with Gasteiger partial charge in [-0.1, -0.05) is 13.8 Å². The van der Waals surface area contributed by atoms with Crippen LogP contribution in [0.15, 0.2) is 12.4 Å². The van der Waals surface area contributed by atoms with Crippen LogP contribution in [-0.2, 0) is 0 Å². The van der Waals surface area contributed by atoms with Gasteiger partial charge in [-0.05, 0) is 18.9 Å². The summed E-state index contributed by atoms with van der Waals surface area (Å²) in [5.41, 5.74) is 5.78. The van der Waals surface area contributed by atoms with Crippen molar-refractivity contribution < 1.29 is 4.74 Å². The molecule has 0 amide bonds. The van der Waals surface area contributed by atoms with Crippen molar-refractivity contribution in [3.63, 3.8) is 0 Å². The average molecular weight is 238 g/mol. The van der Waals surface area contributed by atoms with Gasteiger partial charge in [-0.15, -0.1) is 0 Å². The van der Waals surface area contributed by atoms with Gasteiger partial charge in [-0.3, -0.25) is 4.98 Å². The van der Waals surface area contributed by atoms with Gasteiger partial charge in [0.25, 0.3) is 0 Å². The third-order valence-corrected chi connectivity index (χ3v) is 2.50. The second-order valence-electron chi connectivity index (χ2n) is 4.87. The quantitative estimate of drug-likeness (QED) is 0.809. The fraction of sp³-hybridized carbons (Fsp3) is 0.667. The molecule has 0 unspecified atom stereocenters. The first kappa shape index (κ1) is 13.7. The van der Waals surface area contributed by atoms with Gasteiger partial charge in [-0.2, -0.15) is 4.98 Å². The van der Waals surface area contributed by atoms with Gasteiger partial charge in [0.2, 0.25) is 5.88 Å². The minimum Gasteiger partial charge on any atom is -0.477 e. The molecule has 0 saturated carbocycles. The molecule has 5 heteroatoms. The molecule has 0 spiro atoms. The predicted octanol–water partition coefficient (Wildman–Crippen LogP) is 1.30. The van der Waals surface area contributed by atoms with Gasteiger partial charge in [0.1, 0.15) is 0 Å².